The molecule has 9 nitrogen and oxygen atoms in total. The van der Waals surface area contributed by atoms with Crippen molar-refractivity contribution >= 4 is 32.4 Å². The lowest BCUT2D eigenvalue weighted by Gasteiger charge is -2.46. The van der Waals surface area contributed by atoms with Gasteiger partial charge in [-0.3, -0.25) is 9.48 Å². The monoisotopic (exact) mass is 466 g/mol. The highest BCUT2D eigenvalue weighted by molar-refractivity contribution is 7.89. The van der Waals surface area contributed by atoms with E-state index in [1.165, 1.54) is 4.31 Å². The van der Waals surface area contributed by atoms with Gasteiger partial charge in [0.2, 0.25) is 10.0 Å². The molecule has 2 aromatic heterocycles. The summed E-state index contributed by atoms with van der Waals surface area (Å²) in [5.41, 5.74) is 0.652. The van der Waals surface area contributed by atoms with Crippen LogP contribution in [-0.2, 0) is 10.0 Å². The van der Waals surface area contributed by atoms with Crippen LogP contribution in [0, 0.1) is 17.2 Å². The van der Waals surface area contributed by atoms with Gasteiger partial charge in [-0.15, -0.1) is 0 Å². The number of aromatic amines is 1. The summed E-state index contributed by atoms with van der Waals surface area (Å²) in [6, 6.07) is 10.4. The van der Waals surface area contributed by atoms with Crippen molar-refractivity contribution in [1.29, 1.82) is 5.26 Å². The Morgan fingerprint density at radius 1 is 1.27 bits per heavy atom. The molecule has 33 heavy (non-hydrogen) atoms. The molecule has 0 radical (unpaired) electrons. The van der Waals surface area contributed by atoms with Crippen molar-refractivity contribution in [3.8, 4) is 6.07 Å². The summed E-state index contributed by atoms with van der Waals surface area (Å²) in [7, 11) is -3.56. The quantitative estimate of drug-likeness (QED) is 0.549. The second kappa shape index (κ2) is 7.71. The van der Waals surface area contributed by atoms with Crippen molar-refractivity contribution < 1.29 is 8.42 Å². The van der Waals surface area contributed by atoms with Crippen molar-refractivity contribution in [3.63, 3.8) is 0 Å². The third kappa shape index (κ3) is 3.71. The second-order valence-corrected chi connectivity index (χ2v) is 11.3. The molecule has 2 aliphatic rings. The Hall–Kier alpha value is -3.16. The summed E-state index contributed by atoms with van der Waals surface area (Å²) in [6.07, 6.45) is 4.84. The summed E-state index contributed by atoms with van der Waals surface area (Å²) in [5.74, 6) is 0.769. The van der Waals surface area contributed by atoms with E-state index in [1.54, 1.807) is 41.2 Å². The minimum atomic E-state index is -3.56. The molecule has 1 unspecified atom stereocenters. The van der Waals surface area contributed by atoms with E-state index < -0.39 is 10.0 Å². The first-order chi connectivity index (χ1) is 15.7. The van der Waals surface area contributed by atoms with Crippen LogP contribution in [0.1, 0.15) is 45.6 Å². The number of pyridine rings is 1. The number of nitrogens with one attached hydrogen (secondary N) is 2. The van der Waals surface area contributed by atoms with Crippen LogP contribution in [0.5, 0.6) is 0 Å². The second-order valence-electron chi connectivity index (χ2n) is 9.42. The van der Waals surface area contributed by atoms with Crippen LogP contribution >= 0.6 is 0 Å². The van der Waals surface area contributed by atoms with Gasteiger partial charge in [0.25, 0.3) is 5.56 Å². The van der Waals surface area contributed by atoms with Crippen molar-refractivity contribution in [2.45, 2.75) is 56.0 Å². The molecule has 3 heterocycles. The standard InChI is InChI=1S/C23H26N6O3S/c1-23(2)11-14-28(23)33(31,32)17-7-5-16(6-8-17)26-21-20-19(10-13-25-22(20)30)29(27-21)18(9-12-24)15-3-4-15/h5-8,10,13,15,18H,3-4,9,11,14H2,1-2H3,(H,25,30)(H,26,27). The van der Waals surface area contributed by atoms with Crippen molar-refractivity contribution in [2.75, 3.05) is 11.9 Å². The Bertz CT molecular complexity index is 1410. The molecule has 0 amide bonds. The number of nitrogens with zero attached hydrogens (tertiary/aromatic N) is 4. The van der Waals surface area contributed by atoms with Gasteiger partial charge in [-0.1, -0.05) is 0 Å². The van der Waals surface area contributed by atoms with Gasteiger partial charge in [0.05, 0.1) is 28.9 Å². The van der Waals surface area contributed by atoms with Crippen LogP contribution in [0.25, 0.3) is 10.9 Å². The van der Waals surface area contributed by atoms with E-state index in [9.17, 15) is 18.5 Å². The molecule has 1 saturated heterocycles. The third-order valence-corrected chi connectivity index (χ3v) is 8.84. The topological polar surface area (TPSA) is 124 Å². The number of benzene rings is 1. The number of hydrogen-bond acceptors (Lipinski definition) is 6. The molecule has 5 rings (SSSR count). The SMILES string of the molecule is CC1(C)CCN1S(=O)(=O)c1ccc(Nc2nn(C(CC#N)C3CC3)c3cc[nH]c(=O)c23)cc1. The van der Waals surface area contributed by atoms with Crippen LogP contribution in [0.15, 0.2) is 46.2 Å². The number of aromatic nitrogens is 3. The molecule has 1 saturated carbocycles. The first-order valence-electron chi connectivity index (χ1n) is 11.1. The highest BCUT2D eigenvalue weighted by Gasteiger charge is 2.44. The Kier molecular flexibility index (Phi) is 5.06. The number of rotatable bonds is 7. The molecule has 2 N–H and O–H groups in total. The van der Waals surface area contributed by atoms with Crippen LogP contribution in [-0.4, -0.2) is 39.6 Å². The Morgan fingerprint density at radius 3 is 2.58 bits per heavy atom. The molecule has 1 aliphatic heterocycles. The largest absolute Gasteiger partial charge is 0.338 e. The van der Waals surface area contributed by atoms with E-state index in [0.717, 1.165) is 19.3 Å². The average molecular weight is 467 g/mol. The smallest absolute Gasteiger partial charge is 0.261 e. The zero-order valence-electron chi connectivity index (χ0n) is 18.6. The highest BCUT2D eigenvalue weighted by Crippen LogP contribution is 2.43. The Morgan fingerprint density at radius 2 is 2.00 bits per heavy atom. The van der Waals surface area contributed by atoms with E-state index in [2.05, 4.69) is 21.5 Å². The number of H-pyrrole nitrogens is 1. The molecule has 1 aromatic carbocycles. The summed E-state index contributed by atoms with van der Waals surface area (Å²) in [6.45, 7) is 4.36. The fourth-order valence-electron chi connectivity index (χ4n) is 4.54. The van der Waals surface area contributed by atoms with Gasteiger partial charge in [0.15, 0.2) is 5.82 Å². The average Bonchev–Trinajstić information content (AvgIpc) is 3.54. The number of fused-ring (bicyclic) bond motifs is 1. The lowest BCUT2D eigenvalue weighted by Crippen LogP contribution is -2.58. The molecule has 2 fully saturated rings. The van der Waals surface area contributed by atoms with Gasteiger partial charge in [-0.05, 0) is 69.4 Å². The number of nitriles is 1. The molecular weight excluding hydrogens is 440 g/mol. The van der Waals surface area contributed by atoms with Crippen LogP contribution in [0.2, 0.25) is 0 Å². The van der Waals surface area contributed by atoms with Crippen LogP contribution < -0.4 is 10.9 Å². The maximum absolute atomic E-state index is 12.9. The van der Waals surface area contributed by atoms with E-state index in [0.29, 0.717) is 41.3 Å². The lowest BCUT2D eigenvalue weighted by atomic mass is 9.93. The number of anilines is 2. The van der Waals surface area contributed by atoms with Gasteiger partial charge in [-0.2, -0.15) is 14.7 Å². The van der Waals surface area contributed by atoms with E-state index in [4.69, 9.17) is 0 Å². The minimum absolute atomic E-state index is 0.0813. The van der Waals surface area contributed by atoms with Gasteiger partial charge < -0.3 is 10.3 Å². The van der Waals surface area contributed by atoms with Crippen LogP contribution in [0.3, 0.4) is 0 Å². The molecule has 1 aliphatic carbocycles. The molecule has 0 spiro atoms. The van der Waals surface area contributed by atoms with E-state index >= 15 is 0 Å². The fourth-order valence-corrected chi connectivity index (χ4v) is 6.35. The van der Waals surface area contributed by atoms with Crippen molar-refractivity contribution in [3.05, 3.63) is 46.9 Å². The summed E-state index contributed by atoms with van der Waals surface area (Å²) >= 11 is 0. The number of sulfonamides is 1. The van der Waals surface area contributed by atoms with Gasteiger partial charge in [-0.25, -0.2) is 8.42 Å². The first kappa shape index (κ1) is 21.7. The molecule has 1 atom stereocenters. The Balaban J connectivity index is 1.47. The predicted octanol–water partition coefficient (Wildman–Crippen LogP) is 3.51. The maximum atomic E-state index is 12.9. The highest BCUT2D eigenvalue weighted by atomic mass is 32.2. The Labute approximate surface area is 192 Å². The van der Waals surface area contributed by atoms with E-state index in [-0.39, 0.29) is 22.0 Å². The molecular formula is C23H26N6O3S. The van der Waals surface area contributed by atoms with E-state index in [1.807, 2.05) is 13.8 Å². The molecule has 172 valence electrons. The van der Waals surface area contributed by atoms with Crippen molar-refractivity contribution in [1.82, 2.24) is 19.1 Å². The van der Waals surface area contributed by atoms with Crippen molar-refractivity contribution in [2.24, 2.45) is 5.92 Å². The summed E-state index contributed by atoms with van der Waals surface area (Å²) in [4.78, 5) is 15.6. The normalized spacial score (nSPS) is 19.1. The summed E-state index contributed by atoms with van der Waals surface area (Å²) in [5, 5.41) is 17.6. The summed E-state index contributed by atoms with van der Waals surface area (Å²) < 4.78 is 29.2. The minimum Gasteiger partial charge on any atom is -0.338 e. The van der Waals surface area contributed by atoms with Gasteiger partial charge in [0, 0.05) is 24.0 Å². The zero-order valence-corrected chi connectivity index (χ0v) is 19.4. The molecule has 3 aromatic rings. The van der Waals surface area contributed by atoms with Crippen LogP contribution in [0.4, 0.5) is 11.5 Å². The predicted molar refractivity (Wildman–Crippen MR) is 125 cm³/mol. The third-order valence-electron chi connectivity index (χ3n) is 6.72. The molecule has 0 bridgehead atoms. The number of hydrogen-bond donors (Lipinski definition) is 2. The zero-order chi connectivity index (χ0) is 23.4. The maximum Gasteiger partial charge on any atom is 0.261 e. The fraction of sp³-hybridized carbons (Fsp3) is 0.435. The first-order valence-corrected chi connectivity index (χ1v) is 12.5. The molecule has 10 heteroatoms. The van der Waals surface area contributed by atoms with Gasteiger partial charge in [0.1, 0.15) is 5.39 Å². The van der Waals surface area contributed by atoms with Gasteiger partial charge >= 0.3 is 0 Å². The lowest BCUT2D eigenvalue weighted by molar-refractivity contribution is 0.110.